The van der Waals surface area contributed by atoms with E-state index in [0.717, 1.165) is 25.3 Å². The van der Waals surface area contributed by atoms with Gasteiger partial charge in [-0.1, -0.05) is 18.2 Å². The van der Waals surface area contributed by atoms with Crippen molar-refractivity contribution in [2.75, 3.05) is 45.8 Å². The molecule has 120 valence electrons. The molecule has 0 atom stereocenters. The summed E-state index contributed by atoms with van der Waals surface area (Å²) >= 11 is 0. The summed E-state index contributed by atoms with van der Waals surface area (Å²) < 4.78 is 5.16. The van der Waals surface area contributed by atoms with Gasteiger partial charge in [0.2, 0.25) is 0 Å². The van der Waals surface area contributed by atoms with Crippen LogP contribution >= 0.6 is 0 Å². The van der Waals surface area contributed by atoms with Crippen LogP contribution in [0.2, 0.25) is 0 Å². The molecule has 1 N–H and O–H groups in total. The first-order chi connectivity index (χ1) is 10.6. The molecule has 0 saturated carbocycles. The number of carbonyl (C=O) groups excluding carboxylic acids is 1. The molecule has 1 aromatic carbocycles. The minimum Gasteiger partial charge on any atom is -0.383 e. The maximum atomic E-state index is 12.6. The molecule has 1 aliphatic rings. The van der Waals surface area contributed by atoms with Crippen LogP contribution in [0.15, 0.2) is 30.4 Å². The van der Waals surface area contributed by atoms with Crippen molar-refractivity contribution in [2.24, 2.45) is 0 Å². The van der Waals surface area contributed by atoms with Crippen LogP contribution in [0.5, 0.6) is 0 Å². The smallest absolute Gasteiger partial charge is 0.250 e. The molecule has 1 aromatic rings. The van der Waals surface area contributed by atoms with Crippen LogP contribution in [0.3, 0.4) is 0 Å². The van der Waals surface area contributed by atoms with Crippen LogP contribution in [-0.2, 0) is 22.6 Å². The number of rotatable bonds is 7. The van der Waals surface area contributed by atoms with E-state index in [1.165, 1.54) is 11.1 Å². The summed E-state index contributed by atoms with van der Waals surface area (Å²) in [4.78, 5) is 16.4. The van der Waals surface area contributed by atoms with Crippen molar-refractivity contribution in [3.05, 3.63) is 41.5 Å². The second kappa shape index (κ2) is 8.08. The summed E-state index contributed by atoms with van der Waals surface area (Å²) in [6, 6.07) is 6.14. The van der Waals surface area contributed by atoms with E-state index in [1.807, 2.05) is 42.1 Å². The van der Waals surface area contributed by atoms with Crippen molar-refractivity contribution in [2.45, 2.75) is 13.1 Å². The first kappa shape index (κ1) is 16.7. The second-order valence-corrected chi connectivity index (χ2v) is 5.67. The molecular weight excluding hydrogens is 278 g/mol. The highest BCUT2D eigenvalue weighted by Gasteiger charge is 2.21. The molecule has 1 aliphatic heterocycles. The number of hydrogen-bond acceptors (Lipinski definition) is 4. The lowest BCUT2D eigenvalue weighted by molar-refractivity contribution is -0.114. The fraction of sp³-hybridized carbons (Fsp3) is 0.471. The molecule has 1 amide bonds. The SMILES string of the molecule is COCCN(C(=O)/C=C/CN(C)C)c1cccc2c1CNC2. The van der Waals surface area contributed by atoms with Gasteiger partial charge in [0.05, 0.1) is 6.61 Å². The van der Waals surface area contributed by atoms with E-state index in [4.69, 9.17) is 4.74 Å². The van der Waals surface area contributed by atoms with Crippen LogP contribution in [-0.4, -0.2) is 51.7 Å². The molecule has 0 saturated heterocycles. The molecule has 1 heterocycles. The summed E-state index contributed by atoms with van der Waals surface area (Å²) in [6.07, 6.45) is 3.54. The van der Waals surface area contributed by atoms with Gasteiger partial charge in [-0.25, -0.2) is 0 Å². The number of likely N-dealkylation sites (N-methyl/N-ethyl adjacent to an activating group) is 1. The molecule has 0 fully saturated rings. The van der Waals surface area contributed by atoms with E-state index in [0.29, 0.717) is 13.2 Å². The third kappa shape index (κ3) is 4.16. The van der Waals surface area contributed by atoms with Gasteiger partial charge in [-0.05, 0) is 31.3 Å². The van der Waals surface area contributed by atoms with Crippen LogP contribution in [0.1, 0.15) is 11.1 Å². The summed E-state index contributed by atoms with van der Waals surface area (Å²) in [5.41, 5.74) is 3.47. The van der Waals surface area contributed by atoms with Crippen molar-refractivity contribution in [3.63, 3.8) is 0 Å². The number of hydrogen-bond donors (Lipinski definition) is 1. The Hall–Kier alpha value is -1.69. The fourth-order valence-corrected chi connectivity index (χ4v) is 2.55. The molecule has 5 nitrogen and oxygen atoms in total. The number of anilines is 1. The van der Waals surface area contributed by atoms with Crippen LogP contribution < -0.4 is 10.2 Å². The van der Waals surface area contributed by atoms with E-state index in [9.17, 15) is 4.79 Å². The summed E-state index contributed by atoms with van der Waals surface area (Å²) in [6.45, 7) is 3.50. The quantitative estimate of drug-likeness (QED) is 0.773. The molecule has 0 unspecified atom stereocenters. The van der Waals surface area contributed by atoms with Crippen LogP contribution in [0.25, 0.3) is 0 Å². The van der Waals surface area contributed by atoms with Crippen molar-refractivity contribution >= 4 is 11.6 Å². The predicted octanol–water partition coefficient (Wildman–Crippen LogP) is 1.39. The first-order valence-corrected chi connectivity index (χ1v) is 7.56. The normalized spacial score (nSPS) is 13.8. The van der Waals surface area contributed by atoms with Crippen molar-refractivity contribution in [3.8, 4) is 0 Å². The fourth-order valence-electron chi connectivity index (χ4n) is 2.55. The standard InChI is InChI=1S/C17H25N3O2/c1-19(2)9-5-8-17(21)20(10-11-22-3)16-7-4-6-14-12-18-13-15(14)16/h4-8,18H,9-13H2,1-3H3/b8-5+. The number of ether oxygens (including phenoxy) is 1. The summed E-state index contributed by atoms with van der Waals surface area (Å²) in [7, 11) is 5.61. The van der Waals surface area contributed by atoms with Gasteiger partial charge in [0.15, 0.2) is 0 Å². The van der Waals surface area contributed by atoms with Gasteiger partial charge in [0, 0.05) is 45.1 Å². The molecule has 2 rings (SSSR count). The molecular formula is C17H25N3O2. The van der Waals surface area contributed by atoms with E-state index in [-0.39, 0.29) is 5.91 Å². The highest BCUT2D eigenvalue weighted by Crippen LogP contribution is 2.27. The Labute approximate surface area is 132 Å². The number of nitrogens with one attached hydrogen (secondary N) is 1. The molecule has 0 aliphatic carbocycles. The van der Waals surface area contributed by atoms with Crippen molar-refractivity contribution in [1.29, 1.82) is 0 Å². The highest BCUT2D eigenvalue weighted by atomic mass is 16.5. The lowest BCUT2D eigenvalue weighted by Gasteiger charge is -2.23. The molecule has 0 spiro atoms. The lowest BCUT2D eigenvalue weighted by atomic mass is 10.1. The number of carbonyl (C=O) groups is 1. The Bertz CT molecular complexity index is 541. The van der Waals surface area contributed by atoms with Gasteiger partial charge in [0.1, 0.15) is 0 Å². The van der Waals surface area contributed by atoms with Gasteiger partial charge in [-0.15, -0.1) is 0 Å². The topological polar surface area (TPSA) is 44.8 Å². The molecule has 22 heavy (non-hydrogen) atoms. The molecule has 0 aromatic heterocycles. The Kier molecular flexibility index (Phi) is 6.12. The average Bonchev–Trinajstić information content (AvgIpc) is 2.96. The predicted molar refractivity (Wildman–Crippen MR) is 88.9 cm³/mol. The third-order valence-corrected chi connectivity index (χ3v) is 3.67. The summed E-state index contributed by atoms with van der Waals surface area (Å²) in [5.74, 6) is -0.000741. The number of methoxy groups -OCH3 is 1. The second-order valence-electron chi connectivity index (χ2n) is 5.67. The van der Waals surface area contributed by atoms with Crippen LogP contribution in [0.4, 0.5) is 5.69 Å². The number of fused-ring (bicyclic) bond motifs is 1. The Morgan fingerprint density at radius 3 is 2.91 bits per heavy atom. The van der Waals surface area contributed by atoms with Crippen molar-refractivity contribution in [1.82, 2.24) is 10.2 Å². The van der Waals surface area contributed by atoms with Gasteiger partial charge >= 0.3 is 0 Å². The third-order valence-electron chi connectivity index (χ3n) is 3.67. The maximum Gasteiger partial charge on any atom is 0.250 e. The van der Waals surface area contributed by atoms with Gasteiger partial charge in [-0.2, -0.15) is 0 Å². The monoisotopic (exact) mass is 303 g/mol. The van der Waals surface area contributed by atoms with E-state index in [2.05, 4.69) is 11.4 Å². The zero-order valence-corrected chi connectivity index (χ0v) is 13.6. The largest absolute Gasteiger partial charge is 0.383 e. The van der Waals surface area contributed by atoms with E-state index >= 15 is 0 Å². The van der Waals surface area contributed by atoms with Crippen molar-refractivity contribution < 1.29 is 9.53 Å². The molecule has 5 heteroatoms. The molecule has 0 radical (unpaired) electrons. The Morgan fingerprint density at radius 2 is 2.18 bits per heavy atom. The Balaban J connectivity index is 2.21. The average molecular weight is 303 g/mol. The highest BCUT2D eigenvalue weighted by molar-refractivity contribution is 6.02. The minimum atomic E-state index is -0.000741. The molecule has 0 bridgehead atoms. The lowest BCUT2D eigenvalue weighted by Crippen LogP contribution is -2.33. The number of nitrogens with zero attached hydrogens (tertiary/aromatic N) is 2. The van der Waals surface area contributed by atoms with E-state index < -0.39 is 0 Å². The van der Waals surface area contributed by atoms with Gasteiger partial charge in [-0.3, -0.25) is 4.79 Å². The zero-order valence-electron chi connectivity index (χ0n) is 13.6. The maximum absolute atomic E-state index is 12.6. The number of benzene rings is 1. The first-order valence-electron chi connectivity index (χ1n) is 7.56. The Morgan fingerprint density at radius 1 is 1.36 bits per heavy atom. The van der Waals surface area contributed by atoms with Crippen LogP contribution in [0, 0.1) is 0 Å². The summed E-state index contributed by atoms with van der Waals surface area (Å²) in [5, 5.41) is 3.34. The van der Waals surface area contributed by atoms with E-state index in [1.54, 1.807) is 13.2 Å². The minimum absolute atomic E-state index is 0.000741. The zero-order chi connectivity index (χ0) is 15.9. The number of amides is 1. The van der Waals surface area contributed by atoms with Gasteiger partial charge < -0.3 is 19.9 Å². The van der Waals surface area contributed by atoms with Gasteiger partial charge in [0.25, 0.3) is 5.91 Å².